The summed E-state index contributed by atoms with van der Waals surface area (Å²) < 4.78 is 5.47. The molecule has 1 aromatic heterocycles. The first-order chi connectivity index (χ1) is 12.8. The summed E-state index contributed by atoms with van der Waals surface area (Å²) in [6.45, 7) is 5.22. The van der Waals surface area contributed by atoms with E-state index in [-0.39, 0.29) is 30.9 Å². The van der Waals surface area contributed by atoms with Crippen molar-refractivity contribution in [1.29, 1.82) is 0 Å². The molecule has 2 aromatic rings. The van der Waals surface area contributed by atoms with E-state index < -0.39 is 5.54 Å². The zero-order valence-electron chi connectivity index (χ0n) is 15.3. The zero-order valence-corrected chi connectivity index (χ0v) is 16.1. The van der Waals surface area contributed by atoms with Crippen molar-refractivity contribution in [1.82, 2.24) is 15.1 Å². The highest BCUT2D eigenvalue weighted by Gasteiger charge is 2.44. The van der Waals surface area contributed by atoms with Crippen LogP contribution in [-0.2, 0) is 16.0 Å². The summed E-state index contributed by atoms with van der Waals surface area (Å²) in [5, 5.41) is 11.7. The number of carbonyl (C=O) groups is 3. The molecule has 1 N–H and O–H groups in total. The molecule has 0 saturated heterocycles. The largest absolute Gasteiger partial charge is 0.369 e. The molecule has 0 spiro atoms. The van der Waals surface area contributed by atoms with Gasteiger partial charge in [0.05, 0.1) is 23.3 Å². The number of aromatic nitrogens is 2. The molecule has 8 nitrogen and oxygen atoms in total. The molecule has 0 aliphatic carbocycles. The summed E-state index contributed by atoms with van der Waals surface area (Å²) in [7, 11) is 0. The molecule has 0 saturated carbocycles. The van der Waals surface area contributed by atoms with Crippen molar-refractivity contribution in [2.75, 3.05) is 18.5 Å². The Balaban J connectivity index is 1.56. The van der Waals surface area contributed by atoms with Gasteiger partial charge in [0, 0.05) is 0 Å². The number of hydrogen-bond acceptors (Lipinski definition) is 7. The Hall–Kier alpha value is -2.65. The Bertz CT molecular complexity index is 858. The number of nitrogens with one attached hydrogen (secondary N) is 1. The molecule has 1 aliphatic heterocycles. The fourth-order valence-electron chi connectivity index (χ4n) is 2.80. The molecule has 0 atom stereocenters. The minimum atomic E-state index is -0.897. The van der Waals surface area contributed by atoms with Gasteiger partial charge in [-0.1, -0.05) is 30.4 Å². The molecule has 142 valence electrons. The van der Waals surface area contributed by atoms with E-state index in [2.05, 4.69) is 15.5 Å². The lowest BCUT2D eigenvalue weighted by Crippen LogP contribution is -2.50. The standard InChI is InChI=1S/C18H20N4O4S/c1-4-14-20-21-17(27-14)19-13(23)9-26-10-18(2,3)22-15(24)11-7-5-6-8-12(11)16(22)25/h5-8H,4,9-10H2,1-3H3,(H,19,21,23). The normalized spacial score (nSPS) is 13.8. The summed E-state index contributed by atoms with van der Waals surface area (Å²) in [6, 6.07) is 6.71. The number of imide groups is 1. The number of benzene rings is 1. The van der Waals surface area contributed by atoms with Crippen LogP contribution in [0.1, 0.15) is 46.5 Å². The van der Waals surface area contributed by atoms with Gasteiger partial charge in [-0.25, -0.2) is 0 Å². The van der Waals surface area contributed by atoms with Crippen LogP contribution in [0.5, 0.6) is 0 Å². The second-order valence-electron chi connectivity index (χ2n) is 6.70. The van der Waals surface area contributed by atoms with Crippen molar-refractivity contribution >= 4 is 34.2 Å². The summed E-state index contributed by atoms with van der Waals surface area (Å²) in [4.78, 5) is 38.3. The number of fused-ring (bicyclic) bond motifs is 1. The molecule has 1 aliphatic rings. The molecular weight excluding hydrogens is 368 g/mol. The van der Waals surface area contributed by atoms with E-state index in [1.807, 2.05) is 6.92 Å². The van der Waals surface area contributed by atoms with Crippen LogP contribution in [0.25, 0.3) is 0 Å². The second-order valence-corrected chi connectivity index (χ2v) is 7.76. The van der Waals surface area contributed by atoms with Crippen molar-refractivity contribution in [3.05, 3.63) is 40.4 Å². The van der Waals surface area contributed by atoms with Crippen molar-refractivity contribution in [2.45, 2.75) is 32.7 Å². The highest BCUT2D eigenvalue weighted by molar-refractivity contribution is 7.15. The molecular formula is C18H20N4O4S. The second kappa shape index (κ2) is 7.53. The maximum Gasteiger partial charge on any atom is 0.262 e. The van der Waals surface area contributed by atoms with E-state index in [4.69, 9.17) is 4.74 Å². The van der Waals surface area contributed by atoms with Crippen LogP contribution in [0.3, 0.4) is 0 Å². The van der Waals surface area contributed by atoms with Crippen molar-refractivity contribution < 1.29 is 19.1 Å². The van der Waals surface area contributed by atoms with E-state index in [1.165, 1.54) is 16.2 Å². The molecule has 9 heteroatoms. The quantitative estimate of drug-likeness (QED) is 0.729. The topological polar surface area (TPSA) is 101 Å². The molecule has 3 rings (SSSR count). The van der Waals surface area contributed by atoms with E-state index in [9.17, 15) is 14.4 Å². The number of nitrogens with zero attached hydrogens (tertiary/aromatic N) is 3. The number of anilines is 1. The van der Waals surface area contributed by atoms with E-state index in [1.54, 1.807) is 38.1 Å². The predicted molar refractivity (Wildman–Crippen MR) is 99.8 cm³/mol. The first kappa shape index (κ1) is 19.1. The minimum absolute atomic E-state index is 0.0300. The third-order valence-electron chi connectivity index (χ3n) is 4.10. The summed E-state index contributed by atoms with van der Waals surface area (Å²) in [5.74, 6) is -1.07. The van der Waals surface area contributed by atoms with Gasteiger partial charge in [-0.15, -0.1) is 10.2 Å². The molecule has 0 radical (unpaired) electrons. The van der Waals surface area contributed by atoms with Crippen LogP contribution in [0.2, 0.25) is 0 Å². The van der Waals surface area contributed by atoms with Crippen LogP contribution >= 0.6 is 11.3 Å². The SMILES string of the molecule is CCc1nnc(NC(=O)COCC(C)(C)N2C(=O)c3ccccc3C2=O)s1. The van der Waals surface area contributed by atoms with Crippen LogP contribution in [0, 0.1) is 0 Å². The average molecular weight is 388 g/mol. The van der Waals surface area contributed by atoms with Gasteiger partial charge >= 0.3 is 0 Å². The number of ether oxygens (including phenoxy) is 1. The molecule has 2 heterocycles. The van der Waals surface area contributed by atoms with Gasteiger partial charge in [0.25, 0.3) is 17.7 Å². The van der Waals surface area contributed by atoms with Crippen molar-refractivity contribution in [2.24, 2.45) is 0 Å². The van der Waals surface area contributed by atoms with Crippen LogP contribution in [-0.4, -0.2) is 51.6 Å². The van der Waals surface area contributed by atoms with Crippen LogP contribution in [0.15, 0.2) is 24.3 Å². The Morgan fingerprint density at radius 3 is 2.37 bits per heavy atom. The molecule has 0 fully saturated rings. The van der Waals surface area contributed by atoms with Crippen LogP contribution < -0.4 is 5.32 Å². The van der Waals surface area contributed by atoms with Gasteiger partial charge in [0.1, 0.15) is 11.6 Å². The lowest BCUT2D eigenvalue weighted by molar-refractivity contribution is -0.121. The number of hydrogen-bond donors (Lipinski definition) is 1. The molecule has 1 aromatic carbocycles. The van der Waals surface area contributed by atoms with E-state index in [0.29, 0.717) is 16.3 Å². The van der Waals surface area contributed by atoms with Crippen molar-refractivity contribution in [3.8, 4) is 0 Å². The van der Waals surface area contributed by atoms with Gasteiger partial charge in [0.2, 0.25) is 5.13 Å². The maximum atomic E-state index is 12.6. The van der Waals surface area contributed by atoms with Crippen LogP contribution in [0.4, 0.5) is 5.13 Å². The maximum absolute atomic E-state index is 12.6. The van der Waals surface area contributed by atoms with Gasteiger partial charge < -0.3 is 4.74 Å². The Morgan fingerprint density at radius 2 is 1.81 bits per heavy atom. The average Bonchev–Trinajstić information content (AvgIpc) is 3.18. The molecule has 3 amide bonds. The lowest BCUT2D eigenvalue weighted by atomic mass is 10.0. The van der Waals surface area contributed by atoms with Gasteiger partial charge in [-0.05, 0) is 32.4 Å². The number of aryl methyl sites for hydroxylation is 1. The lowest BCUT2D eigenvalue weighted by Gasteiger charge is -2.33. The van der Waals surface area contributed by atoms with E-state index >= 15 is 0 Å². The monoisotopic (exact) mass is 388 g/mol. The Labute approximate surface area is 160 Å². The molecule has 0 unspecified atom stereocenters. The summed E-state index contributed by atoms with van der Waals surface area (Å²) >= 11 is 1.31. The molecule has 27 heavy (non-hydrogen) atoms. The van der Waals surface area contributed by atoms with Crippen molar-refractivity contribution in [3.63, 3.8) is 0 Å². The Morgan fingerprint density at radius 1 is 1.19 bits per heavy atom. The Kier molecular flexibility index (Phi) is 5.33. The molecule has 0 bridgehead atoms. The third kappa shape index (κ3) is 3.88. The van der Waals surface area contributed by atoms with Gasteiger partial charge in [-0.3, -0.25) is 24.6 Å². The third-order valence-corrected chi connectivity index (χ3v) is 5.09. The highest BCUT2D eigenvalue weighted by atomic mass is 32.1. The number of amides is 3. The smallest absolute Gasteiger partial charge is 0.262 e. The van der Waals surface area contributed by atoms with E-state index in [0.717, 1.165) is 11.4 Å². The number of carbonyl (C=O) groups excluding carboxylic acids is 3. The fourth-order valence-corrected chi connectivity index (χ4v) is 3.50. The summed E-state index contributed by atoms with van der Waals surface area (Å²) in [6.07, 6.45) is 0.749. The zero-order chi connectivity index (χ0) is 19.6. The minimum Gasteiger partial charge on any atom is -0.369 e. The fraction of sp³-hybridized carbons (Fsp3) is 0.389. The first-order valence-electron chi connectivity index (χ1n) is 8.51. The first-order valence-corrected chi connectivity index (χ1v) is 9.33. The van der Waals surface area contributed by atoms with Gasteiger partial charge in [-0.2, -0.15) is 0 Å². The predicted octanol–water partition coefficient (Wildman–Crippen LogP) is 2.13. The van der Waals surface area contributed by atoms with Gasteiger partial charge in [0.15, 0.2) is 0 Å². The highest BCUT2D eigenvalue weighted by Crippen LogP contribution is 2.29. The summed E-state index contributed by atoms with van der Waals surface area (Å²) in [5.41, 5.74) is -0.126. The number of rotatable bonds is 7.